The molecule has 0 aliphatic rings. The van der Waals surface area contributed by atoms with E-state index < -0.39 is 5.97 Å². The van der Waals surface area contributed by atoms with Gasteiger partial charge in [0, 0.05) is 30.0 Å². The van der Waals surface area contributed by atoms with Crippen molar-refractivity contribution in [2.45, 2.75) is 24.9 Å². The Bertz CT molecular complexity index is 458. The van der Waals surface area contributed by atoms with E-state index in [4.69, 9.17) is 10.2 Å². The molecular formula is C10H14N2O4S. The van der Waals surface area contributed by atoms with Crippen molar-refractivity contribution in [2.75, 3.05) is 12.4 Å². The summed E-state index contributed by atoms with van der Waals surface area (Å²) >= 11 is 1.19. The summed E-state index contributed by atoms with van der Waals surface area (Å²) in [7, 11) is 0. The molecule has 17 heavy (non-hydrogen) atoms. The van der Waals surface area contributed by atoms with Crippen LogP contribution in [0.3, 0.4) is 0 Å². The molecule has 94 valence electrons. The summed E-state index contributed by atoms with van der Waals surface area (Å²) < 4.78 is 0. The monoisotopic (exact) mass is 258 g/mol. The molecule has 0 aliphatic carbocycles. The van der Waals surface area contributed by atoms with Crippen LogP contribution in [0.2, 0.25) is 0 Å². The maximum atomic E-state index is 11.6. The fourth-order valence-corrected chi connectivity index (χ4v) is 2.13. The highest BCUT2D eigenvalue weighted by Gasteiger charge is 2.08. The molecule has 7 heteroatoms. The van der Waals surface area contributed by atoms with Gasteiger partial charge in [0.2, 0.25) is 0 Å². The standard InChI is InChI=1S/C10H14N2O4S/c1-6-7(2-4-13)9(16)12-10(11-6)17-5-3-8(14)15/h13H,2-5H2,1H3,(H,14,15)(H,11,12,16). The molecule has 1 aromatic rings. The van der Waals surface area contributed by atoms with E-state index in [-0.39, 0.29) is 25.0 Å². The van der Waals surface area contributed by atoms with E-state index >= 15 is 0 Å². The smallest absolute Gasteiger partial charge is 0.304 e. The highest BCUT2D eigenvalue weighted by atomic mass is 32.2. The number of aliphatic carboxylic acids is 1. The molecule has 0 amide bonds. The molecule has 1 rings (SSSR count). The number of aromatic nitrogens is 2. The molecule has 0 spiro atoms. The van der Waals surface area contributed by atoms with E-state index in [0.29, 0.717) is 22.2 Å². The number of hydrogen-bond acceptors (Lipinski definition) is 5. The van der Waals surface area contributed by atoms with Crippen LogP contribution in [-0.4, -0.2) is 38.5 Å². The number of carboxylic acids is 1. The van der Waals surface area contributed by atoms with Crippen LogP contribution in [0.25, 0.3) is 0 Å². The number of nitrogens with zero attached hydrogens (tertiary/aromatic N) is 1. The van der Waals surface area contributed by atoms with Gasteiger partial charge in [0.1, 0.15) is 0 Å². The van der Waals surface area contributed by atoms with Crippen molar-refractivity contribution in [2.24, 2.45) is 0 Å². The zero-order valence-electron chi connectivity index (χ0n) is 9.39. The Balaban J connectivity index is 2.76. The summed E-state index contributed by atoms with van der Waals surface area (Å²) in [6.07, 6.45) is 0.292. The normalized spacial score (nSPS) is 10.5. The van der Waals surface area contributed by atoms with Gasteiger partial charge >= 0.3 is 5.97 Å². The molecule has 0 fully saturated rings. The van der Waals surface area contributed by atoms with Crippen molar-refractivity contribution in [3.05, 3.63) is 21.6 Å². The summed E-state index contributed by atoms with van der Waals surface area (Å²) in [6.45, 7) is 1.60. The topological polar surface area (TPSA) is 103 Å². The van der Waals surface area contributed by atoms with Crippen molar-refractivity contribution in [3.8, 4) is 0 Å². The molecule has 0 aliphatic heterocycles. The van der Waals surface area contributed by atoms with Crippen molar-refractivity contribution >= 4 is 17.7 Å². The van der Waals surface area contributed by atoms with Crippen LogP contribution in [0.4, 0.5) is 0 Å². The summed E-state index contributed by atoms with van der Waals surface area (Å²) in [6, 6.07) is 0. The highest BCUT2D eigenvalue weighted by Crippen LogP contribution is 2.13. The second-order valence-electron chi connectivity index (χ2n) is 3.40. The van der Waals surface area contributed by atoms with Crippen molar-refractivity contribution < 1.29 is 15.0 Å². The van der Waals surface area contributed by atoms with Gasteiger partial charge in [-0.3, -0.25) is 9.59 Å². The quantitative estimate of drug-likeness (QED) is 0.497. The number of thioether (sulfide) groups is 1. The molecule has 1 heterocycles. The lowest BCUT2D eigenvalue weighted by molar-refractivity contribution is -0.136. The van der Waals surface area contributed by atoms with E-state index in [1.165, 1.54) is 11.8 Å². The Morgan fingerprint density at radius 3 is 2.76 bits per heavy atom. The minimum Gasteiger partial charge on any atom is -0.481 e. The molecule has 0 aromatic carbocycles. The van der Waals surface area contributed by atoms with Crippen LogP contribution in [0.15, 0.2) is 9.95 Å². The number of aliphatic hydroxyl groups excluding tert-OH is 1. The molecule has 0 unspecified atom stereocenters. The first kappa shape index (κ1) is 13.7. The number of carboxylic acid groups (broad SMARTS) is 1. The predicted octanol–water partition coefficient (Wildman–Crippen LogP) is 0.180. The van der Waals surface area contributed by atoms with Gasteiger partial charge in [0.15, 0.2) is 5.16 Å². The maximum absolute atomic E-state index is 11.6. The largest absolute Gasteiger partial charge is 0.481 e. The van der Waals surface area contributed by atoms with Crippen LogP contribution in [0.5, 0.6) is 0 Å². The summed E-state index contributed by atoms with van der Waals surface area (Å²) in [5.41, 5.74) is 0.764. The zero-order chi connectivity index (χ0) is 12.8. The van der Waals surface area contributed by atoms with Gasteiger partial charge in [-0.25, -0.2) is 4.98 Å². The number of nitrogens with one attached hydrogen (secondary N) is 1. The Hall–Kier alpha value is -1.34. The Kier molecular flexibility index (Phi) is 5.17. The van der Waals surface area contributed by atoms with Crippen LogP contribution in [0.1, 0.15) is 17.7 Å². The van der Waals surface area contributed by atoms with Gasteiger partial charge in [-0.1, -0.05) is 11.8 Å². The molecule has 0 saturated heterocycles. The minimum atomic E-state index is -0.881. The van der Waals surface area contributed by atoms with Gasteiger partial charge in [-0.15, -0.1) is 0 Å². The Morgan fingerprint density at radius 1 is 1.53 bits per heavy atom. The molecule has 6 nitrogen and oxygen atoms in total. The predicted molar refractivity (Wildman–Crippen MR) is 63.4 cm³/mol. The van der Waals surface area contributed by atoms with E-state index in [2.05, 4.69) is 9.97 Å². The lowest BCUT2D eigenvalue weighted by atomic mass is 10.2. The number of aliphatic hydroxyl groups is 1. The number of hydrogen-bond donors (Lipinski definition) is 3. The fourth-order valence-electron chi connectivity index (χ4n) is 1.29. The summed E-state index contributed by atoms with van der Waals surface area (Å²) in [5, 5.41) is 17.7. The van der Waals surface area contributed by atoms with Gasteiger partial charge in [-0.05, 0) is 6.92 Å². The summed E-state index contributed by atoms with van der Waals surface area (Å²) in [5.74, 6) is -0.523. The lowest BCUT2D eigenvalue weighted by Crippen LogP contribution is -2.18. The first-order valence-corrected chi connectivity index (χ1v) is 6.08. The van der Waals surface area contributed by atoms with E-state index in [9.17, 15) is 9.59 Å². The average molecular weight is 258 g/mol. The van der Waals surface area contributed by atoms with Crippen molar-refractivity contribution in [1.82, 2.24) is 9.97 Å². The van der Waals surface area contributed by atoms with Crippen molar-refractivity contribution in [1.29, 1.82) is 0 Å². The molecule has 0 radical (unpaired) electrons. The van der Waals surface area contributed by atoms with Gasteiger partial charge in [-0.2, -0.15) is 0 Å². The molecule has 0 atom stereocenters. The third-order valence-electron chi connectivity index (χ3n) is 2.12. The second-order valence-corrected chi connectivity index (χ2v) is 4.48. The molecule has 0 saturated carbocycles. The minimum absolute atomic E-state index is 0.0197. The van der Waals surface area contributed by atoms with Crippen LogP contribution in [0, 0.1) is 6.92 Å². The van der Waals surface area contributed by atoms with Crippen LogP contribution in [-0.2, 0) is 11.2 Å². The van der Waals surface area contributed by atoms with Gasteiger partial charge < -0.3 is 15.2 Å². The number of aromatic amines is 1. The molecule has 0 bridgehead atoms. The maximum Gasteiger partial charge on any atom is 0.304 e. The number of H-pyrrole nitrogens is 1. The second kappa shape index (κ2) is 6.41. The van der Waals surface area contributed by atoms with Gasteiger partial charge in [0.05, 0.1) is 6.42 Å². The summed E-state index contributed by atoms with van der Waals surface area (Å²) in [4.78, 5) is 28.7. The van der Waals surface area contributed by atoms with E-state index in [1.54, 1.807) is 6.92 Å². The zero-order valence-corrected chi connectivity index (χ0v) is 10.2. The Labute approximate surface area is 102 Å². The first-order valence-electron chi connectivity index (χ1n) is 5.10. The van der Waals surface area contributed by atoms with Gasteiger partial charge in [0.25, 0.3) is 5.56 Å². The third kappa shape index (κ3) is 4.20. The van der Waals surface area contributed by atoms with Crippen LogP contribution < -0.4 is 5.56 Å². The fraction of sp³-hybridized carbons (Fsp3) is 0.500. The Morgan fingerprint density at radius 2 is 2.24 bits per heavy atom. The number of carbonyl (C=O) groups is 1. The lowest BCUT2D eigenvalue weighted by Gasteiger charge is -2.05. The average Bonchev–Trinajstić information content (AvgIpc) is 2.23. The SMILES string of the molecule is Cc1nc(SCCC(=O)O)[nH]c(=O)c1CCO. The molecular weight excluding hydrogens is 244 g/mol. The first-order chi connectivity index (χ1) is 8.04. The third-order valence-corrected chi connectivity index (χ3v) is 2.99. The number of rotatable bonds is 6. The molecule has 3 N–H and O–H groups in total. The van der Waals surface area contributed by atoms with Crippen LogP contribution >= 0.6 is 11.8 Å². The van der Waals surface area contributed by atoms with Crippen molar-refractivity contribution in [3.63, 3.8) is 0 Å². The highest BCUT2D eigenvalue weighted by molar-refractivity contribution is 7.99. The van der Waals surface area contributed by atoms with E-state index in [1.807, 2.05) is 0 Å². The van der Waals surface area contributed by atoms with E-state index in [0.717, 1.165) is 0 Å². The molecule has 1 aromatic heterocycles. The number of aryl methyl sites for hydroxylation is 1.